The fourth-order valence-corrected chi connectivity index (χ4v) is 2.69. The van der Waals surface area contributed by atoms with E-state index in [1.165, 1.54) is 0 Å². The average Bonchev–Trinajstić information content (AvgIpc) is 2.96. The second kappa shape index (κ2) is 4.88. The van der Waals surface area contributed by atoms with E-state index in [-0.39, 0.29) is 11.3 Å². The van der Waals surface area contributed by atoms with Crippen LogP contribution in [0.1, 0.15) is 10.4 Å². The molecule has 0 saturated carbocycles. The fraction of sp³-hybridized carbons (Fsp3) is 0. The number of fused-ring (bicyclic) bond motifs is 2. The smallest absolute Gasteiger partial charge is 0.335 e. The molecule has 0 spiro atoms. The van der Waals surface area contributed by atoms with Crippen LogP contribution in [0.3, 0.4) is 0 Å². The Morgan fingerprint density at radius 1 is 0.826 bits per heavy atom. The molecule has 0 aliphatic carbocycles. The maximum absolute atomic E-state index is 11.0. The molecule has 0 bridgehead atoms. The molecular weight excluding hydrogens is 292 g/mol. The minimum atomic E-state index is -0.937. The van der Waals surface area contributed by atoms with Crippen molar-refractivity contribution in [3.63, 3.8) is 0 Å². The van der Waals surface area contributed by atoms with Gasteiger partial charge in [-0.1, -0.05) is 18.2 Å². The molecule has 1 aromatic heterocycles. The molecule has 3 aromatic carbocycles. The highest BCUT2D eigenvalue weighted by Crippen LogP contribution is 2.31. The van der Waals surface area contributed by atoms with Crippen LogP contribution in [0.2, 0.25) is 0 Å². The minimum absolute atomic E-state index is 0.165. The first-order chi connectivity index (χ1) is 11.1. The number of phenolic OH excluding ortho intramolecular Hbond substituents is 1. The SMILES string of the molecule is O=C(O)c1ccc2cc(-c3cc4ccc(O)cc4o3)ccc2c1. The van der Waals surface area contributed by atoms with Crippen LogP contribution in [-0.4, -0.2) is 16.2 Å². The van der Waals surface area contributed by atoms with Crippen LogP contribution in [-0.2, 0) is 0 Å². The van der Waals surface area contributed by atoms with Crippen LogP contribution in [0, 0.1) is 0 Å². The fourth-order valence-electron chi connectivity index (χ4n) is 2.69. The number of aromatic carboxylic acids is 1. The lowest BCUT2D eigenvalue weighted by Gasteiger charge is -2.02. The zero-order valence-electron chi connectivity index (χ0n) is 12.0. The van der Waals surface area contributed by atoms with Gasteiger partial charge in [0.1, 0.15) is 17.1 Å². The molecule has 4 aromatic rings. The first kappa shape index (κ1) is 13.4. The summed E-state index contributed by atoms with van der Waals surface area (Å²) in [6.45, 7) is 0. The second-order valence-corrected chi connectivity index (χ2v) is 5.41. The lowest BCUT2D eigenvalue weighted by molar-refractivity contribution is 0.0697. The van der Waals surface area contributed by atoms with Gasteiger partial charge in [-0.3, -0.25) is 0 Å². The van der Waals surface area contributed by atoms with E-state index in [2.05, 4.69) is 0 Å². The van der Waals surface area contributed by atoms with Crippen LogP contribution in [0.15, 0.2) is 65.1 Å². The van der Waals surface area contributed by atoms with Gasteiger partial charge in [0.15, 0.2) is 0 Å². The highest BCUT2D eigenvalue weighted by atomic mass is 16.4. The largest absolute Gasteiger partial charge is 0.508 e. The Bertz CT molecular complexity index is 1060. The molecule has 0 unspecified atom stereocenters. The van der Waals surface area contributed by atoms with Crippen molar-refractivity contribution in [1.29, 1.82) is 0 Å². The van der Waals surface area contributed by atoms with Crippen LogP contribution in [0.25, 0.3) is 33.1 Å². The zero-order chi connectivity index (χ0) is 16.0. The standard InChI is InChI=1S/C19H12O4/c20-16-6-5-14-9-17(23-18(14)10-16)13-3-1-12-8-15(19(21)22)4-2-11(12)7-13/h1-10,20H,(H,21,22). The van der Waals surface area contributed by atoms with Crippen molar-refractivity contribution < 1.29 is 19.4 Å². The van der Waals surface area contributed by atoms with E-state index in [1.807, 2.05) is 24.3 Å². The summed E-state index contributed by atoms with van der Waals surface area (Å²) in [5, 5.41) is 21.3. The summed E-state index contributed by atoms with van der Waals surface area (Å²) >= 11 is 0. The molecule has 0 aliphatic heterocycles. The van der Waals surface area contributed by atoms with Gasteiger partial charge < -0.3 is 14.6 Å². The first-order valence-electron chi connectivity index (χ1n) is 7.10. The molecule has 0 radical (unpaired) electrons. The maximum Gasteiger partial charge on any atom is 0.335 e. The molecule has 0 saturated heterocycles. The maximum atomic E-state index is 11.0. The Morgan fingerprint density at radius 2 is 1.57 bits per heavy atom. The van der Waals surface area contributed by atoms with Crippen molar-refractivity contribution in [1.82, 2.24) is 0 Å². The summed E-state index contributed by atoms with van der Waals surface area (Å²) in [5.74, 6) is -0.0685. The topological polar surface area (TPSA) is 70.7 Å². The van der Waals surface area contributed by atoms with E-state index in [9.17, 15) is 9.90 Å². The van der Waals surface area contributed by atoms with E-state index in [0.29, 0.717) is 11.3 Å². The van der Waals surface area contributed by atoms with Crippen molar-refractivity contribution in [2.45, 2.75) is 0 Å². The second-order valence-electron chi connectivity index (χ2n) is 5.41. The van der Waals surface area contributed by atoms with Crippen molar-refractivity contribution in [3.8, 4) is 17.1 Å². The van der Waals surface area contributed by atoms with Gasteiger partial charge in [0.2, 0.25) is 0 Å². The van der Waals surface area contributed by atoms with Crippen LogP contribution >= 0.6 is 0 Å². The molecule has 4 nitrogen and oxygen atoms in total. The van der Waals surface area contributed by atoms with E-state index < -0.39 is 5.97 Å². The van der Waals surface area contributed by atoms with Gasteiger partial charge in [0, 0.05) is 17.0 Å². The van der Waals surface area contributed by atoms with Crippen molar-refractivity contribution in [2.75, 3.05) is 0 Å². The normalized spacial score (nSPS) is 11.1. The average molecular weight is 304 g/mol. The molecular formula is C19H12O4. The Hall–Kier alpha value is -3.27. The van der Waals surface area contributed by atoms with Crippen LogP contribution in [0.5, 0.6) is 5.75 Å². The Kier molecular flexibility index (Phi) is 2.84. The van der Waals surface area contributed by atoms with Crippen molar-refractivity contribution in [2.24, 2.45) is 0 Å². The van der Waals surface area contributed by atoms with Gasteiger partial charge in [0.05, 0.1) is 5.56 Å². The van der Waals surface area contributed by atoms with Gasteiger partial charge in [-0.25, -0.2) is 4.79 Å². The molecule has 0 aliphatic rings. The first-order valence-corrected chi connectivity index (χ1v) is 7.10. The predicted octanol–water partition coefficient (Wildman–Crippen LogP) is 4.66. The number of hydrogen-bond acceptors (Lipinski definition) is 3. The summed E-state index contributed by atoms with van der Waals surface area (Å²) in [4.78, 5) is 11.0. The molecule has 0 atom stereocenters. The number of benzene rings is 3. The third-order valence-electron chi connectivity index (χ3n) is 3.88. The molecule has 23 heavy (non-hydrogen) atoms. The highest BCUT2D eigenvalue weighted by molar-refractivity contribution is 5.96. The van der Waals surface area contributed by atoms with Crippen LogP contribution < -0.4 is 0 Å². The number of hydrogen-bond donors (Lipinski definition) is 2. The van der Waals surface area contributed by atoms with E-state index in [1.54, 1.807) is 36.4 Å². The summed E-state index contributed by atoms with van der Waals surface area (Å²) in [7, 11) is 0. The molecule has 0 fully saturated rings. The quantitative estimate of drug-likeness (QED) is 0.565. The minimum Gasteiger partial charge on any atom is -0.508 e. The van der Waals surface area contributed by atoms with Crippen molar-refractivity contribution >= 4 is 27.7 Å². The monoisotopic (exact) mass is 304 g/mol. The number of phenols is 1. The zero-order valence-corrected chi connectivity index (χ0v) is 12.0. The van der Waals surface area contributed by atoms with Gasteiger partial charge in [-0.05, 0) is 47.2 Å². The number of carboxylic acids is 1. The number of carboxylic acid groups (broad SMARTS) is 1. The Morgan fingerprint density at radius 3 is 2.39 bits per heavy atom. The number of aromatic hydroxyl groups is 1. The lowest BCUT2D eigenvalue weighted by Crippen LogP contribution is -1.95. The summed E-state index contributed by atoms with van der Waals surface area (Å²) < 4.78 is 5.79. The molecule has 4 heteroatoms. The Labute approximate surface area is 131 Å². The third-order valence-corrected chi connectivity index (χ3v) is 3.88. The number of carbonyl (C=O) groups is 1. The molecule has 112 valence electrons. The van der Waals surface area contributed by atoms with Gasteiger partial charge in [0.25, 0.3) is 0 Å². The molecule has 2 N–H and O–H groups in total. The summed E-state index contributed by atoms with van der Waals surface area (Å²) in [6.07, 6.45) is 0. The van der Waals surface area contributed by atoms with E-state index in [4.69, 9.17) is 9.52 Å². The summed E-state index contributed by atoms with van der Waals surface area (Å²) in [5.41, 5.74) is 1.79. The summed E-state index contributed by atoms with van der Waals surface area (Å²) in [6, 6.07) is 17.7. The van der Waals surface area contributed by atoms with Crippen molar-refractivity contribution in [3.05, 3.63) is 66.2 Å². The number of rotatable bonds is 2. The number of furan rings is 1. The molecule has 1 heterocycles. The predicted molar refractivity (Wildman–Crippen MR) is 87.8 cm³/mol. The molecule has 0 amide bonds. The van der Waals surface area contributed by atoms with Gasteiger partial charge in [-0.2, -0.15) is 0 Å². The lowest BCUT2D eigenvalue weighted by atomic mass is 10.0. The third kappa shape index (κ3) is 2.30. The van der Waals surface area contributed by atoms with E-state index in [0.717, 1.165) is 21.7 Å². The molecule has 4 rings (SSSR count). The van der Waals surface area contributed by atoms with Crippen LogP contribution in [0.4, 0.5) is 0 Å². The van der Waals surface area contributed by atoms with E-state index >= 15 is 0 Å². The highest BCUT2D eigenvalue weighted by Gasteiger charge is 2.09. The Balaban J connectivity index is 1.84. The van der Waals surface area contributed by atoms with Gasteiger partial charge >= 0.3 is 5.97 Å². The van der Waals surface area contributed by atoms with Gasteiger partial charge in [-0.15, -0.1) is 0 Å².